The largest absolute Gasteiger partial charge is 0.496 e. The van der Waals surface area contributed by atoms with Crippen LogP contribution >= 0.6 is 11.3 Å². The topological polar surface area (TPSA) is 69.9 Å². The SMILES string of the molecule is CCCC1=C(C(=O)OCC)[C@H](c2ccc(C(C)C)cc2)n2c(s/c(=C/c3ccccc3OC)c2=O)=N1. The lowest BCUT2D eigenvalue weighted by Gasteiger charge is -2.26. The van der Waals surface area contributed by atoms with Crippen LogP contribution in [0, 0.1) is 0 Å². The van der Waals surface area contributed by atoms with E-state index >= 15 is 0 Å². The van der Waals surface area contributed by atoms with Gasteiger partial charge in [0.05, 0.1) is 35.6 Å². The van der Waals surface area contributed by atoms with E-state index in [2.05, 4.69) is 32.9 Å². The molecule has 0 bridgehead atoms. The predicted octanol–water partition coefficient (Wildman–Crippen LogP) is 4.71. The summed E-state index contributed by atoms with van der Waals surface area (Å²) in [7, 11) is 1.61. The van der Waals surface area contributed by atoms with Gasteiger partial charge in [-0.05, 0) is 42.5 Å². The molecule has 0 saturated carbocycles. The van der Waals surface area contributed by atoms with Gasteiger partial charge in [-0.3, -0.25) is 9.36 Å². The molecule has 0 saturated heterocycles. The van der Waals surface area contributed by atoms with Crippen molar-refractivity contribution in [1.29, 1.82) is 0 Å². The standard InChI is InChI=1S/C29H32N2O4S/c1-6-10-22-25(28(33)35-7-2)26(20-15-13-19(14-16-20)18(3)4)31-27(32)24(36-29(31)30-22)17-21-11-8-9-12-23(21)34-5/h8-9,11-18,26H,6-7,10H2,1-5H3/b24-17+/t26-/m0/s1. The fraction of sp³-hybridized carbons (Fsp3) is 0.345. The molecule has 2 heterocycles. The number of aromatic nitrogens is 1. The summed E-state index contributed by atoms with van der Waals surface area (Å²) < 4.78 is 13.1. The van der Waals surface area contributed by atoms with Crippen LogP contribution in [0.1, 0.15) is 69.2 Å². The molecule has 0 aliphatic carbocycles. The molecule has 36 heavy (non-hydrogen) atoms. The molecular formula is C29H32N2O4S. The number of allylic oxidation sites excluding steroid dienone is 1. The van der Waals surface area contributed by atoms with Crippen LogP contribution < -0.4 is 19.6 Å². The van der Waals surface area contributed by atoms with E-state index in [0.717, 1.165) is 17.5 Å². The summed E-state index contributed by atoms with van der Waals surface area (Å²) in [5.41, 5.74) is 3.78. The highest BCUT2D eigenvalue weighted by molar-refractivity contribution is 7.07. The predicted molar refractivity (Wildman–Crippen MR) is 143 cm³/mol. The van der Waals surface area contributed by atoms with Crippen LogP contribution in [0.15, 0.2) is 69.6 Å². The van der Waals surface area contributed by atoms with Crippen molar-refractivity contribution in [3.8, 4) is 5.75 Å². The van der Waals surface area contributed by atoms with Gasteiger partial charge < -0.3 is 9.47 Å². The molecule has 0 radical (unpaired) electrons. The summed E-state index contributed by atoms with van der Waals surface area (Å²) in [4.78, 5) is 32.5. The van der Waals surface area contributed by atoms with Gasteiger partial charge in [-0.2, -0.15) is 0 Å². The molecule has 0 spiro atoms. The number of benzene rings is 2. The number of thiazole rings is 1. The fourth-order valence-corrected chi connectivity index (χ4v) is 5.44. The zero-order valence-corrected chi connectivity index (χ0v) is 22.2. The molecule has 188 valence electrons. The molecule has 0 N–H and O–H groups in total. The molecule has 1 atom stereocenters. The number of carbonyl (C=O) groups excluding carboxylic acids is 1. The molecular weight excluding hydrogens is 472 g/mol. The van der Waals surface area contributed by atoms with Crippen LogP contribution in [-0.2, 0) is 9.53 Å². The molecule has 1 aliphatic heterocycles. The maximum Gasteiger partial charge on any atom is 0.338 e. The second-order valence-corrected chi connectivity index (χ2v) is 9.99. The molecule has 6 nitrogen and oxygen atoms in total. The number of fused-ring (bicyclic) bond motifs is 1. The Kier molecular flexibility index (Phi) is 7.89. The van der Waals surface area contributed by atoms with E-state index in [1.807, 2.05) is 42.5 Å². The van der Waals surface area contributed by atoms with Crippen LogP contribution in [0.25, 0.3) is 6.08 Å². The maximum atomic E-state index is 13.8. The van der Waals surface area contributed by atoms with Crippen molar-refractivity contribution in [2.45, 2.75) is 52.5 Å². The van der Waals surface area contributed by atoms with Gasteiger partial charge in [-0.25, -0.2) is 9.79 Å². The zero-order valence-electron chi connectivity index (χ0n) is 21.4. The molecule has 4 rings (SSSR count). The number of esters is 1. The first-order valence-electron chi connectivity index (χ1n) is 12.3. The quantitative estimate of drug-likeness (QED) is 0.417. The van der Waals surface area contributed by atoms with E-state index in [1.165, 1.54) is 16.9 Å². The number of nitrogens with zero attached hydrogens (tertiary/aromatic N) is 2. The Morgan fingerprint density at radius 2 is 1.86 bits per heavy atom. The highest BCUT2D eigenvalue weighted by Crippen LogP contribution is 2.33. The lowest BCUT2D eigenvalue weighted by atomic mass is 9.92. The molecule has 0 amide bonds. The Morgan fingerprint density at radius 1 is 1.14 bits per heavy atom. The minimum atomic E-state index is -0.608. The molecule has 2 aromatic carbocycles. The first-order valence-corrected chi connectivity index (χ1v) is 13.2. The van der Waals surface area contributed by atoms with Gasteiger partial charge in [0.1, 0.15) is 5.75 Å². The van der Waals surface area contributed by atoms with Crippen molar-refractivity contribution in [2.24, 2.45) is 4.99 Å². The highest BCUT2D eigenvalue weighted by Gasteiger charge is 2.34. The van der Waals surface area contributed by atoms with Crippen molar-refractivity contribution >= 4 is 23.4 Å². The average Bonchev–Trinajstić information content (AvgIpc) is 3.18. The van der Waals surface area contributed by atoms with E-state index in [-0.39, 0.29) is 12.2 Å². The lowest BCUT2D eigenvalue weighted by molar-refractivity contribution is -0.139. The normalized spacial score (nSPS) is 15.6. The van der Waals surface area contributed by atoms with Crippen molar-refractivity contribution in [2.75, 3.05) is 13.7 Å². The van der Waals surface area contributed by atoms with Gasteiger partial charge in [-0.1, -0.05) is 81.0 Å². The van der Waals surface area contributed by atoms with Gasteiger partial charge in [0.15, 0.2) is 4.80 Å². The number of methoxy groups -OCH3 is 1. The first-order chi connectivity index (χ1) is 17.4. The Hall–Kier alpha value is -3.45. The molecule has 0 unspecified atom stereocenters. The zero-order chi connectivity index (χ0) is 25.8. The van der Waals surface area contributed by atoms with Gasteiger partial charge >= 0.3 is 5.97 Å². The summed E-state index contributed by atoms with van der Waals surface area (Å²) in [5, 5.41) is 0. The van der Waals surface area contributed by atoms with E-state index < -0.39 is 12.0 Å². The van der Waals surface area contributed by atoms with E-state index in [1.54, 1.807) is 18.6 Å². The van der Waals surface area contributed by atoms with Crippen molar-refractivity contribution in [3.05, 3.63) is 96.2 Å². The van der Waals surface area contributed by atoms with Gasteiger partial charge in [-0.15, -0.1) is 0 Å². The van der Waals surface area contributed by atoms with Crippen LogP contribution in [0.2, 0.25) is 0 Å². The minimum Gasteiger partial charge on any atom is -0.496 e. The summed E-state index contributed by atoms with van der Waals surface area (Å²) in [6.07, 6.45) is 3.26. The van der Waals surface area contributed by atoms with Crippen LogP contribution in [0.5, 0.6) is 5.75 Å². The lowest BCUT2D eigenvalue weighted by Crippen LogP contribution is -2.40. The third kappa shape index (κ3) is 4.93. The minimum absolute atomic E-state index is 0.195. The Bertz CT molecular complexity index is 1460. The smallest absolute Gasteiger partial charge is 0.338 e. The van der Waals surface area contributed by atoms with E-state index in [4.69, 9.17) is 14.5 Å². The maximum absolute atomic E-state index is 13.8. The number of ether oxygens (including phenoxy) is 2. The molecule has 3 aromatic rings. The third-order valence-corrected chi connectivity index (χ3v) is 7.22. The molecule has 0 fully saturated rings. The number of hydrogen-bond donors (Lipinski definition) is 0. The second kappa shape index (κ2) is 11.1. The fourth-order valence-electron chi connectivity index (χ4n) is 4.43. The first kappa shape index (κ1) is 25.6. The number of hydrogen-bond acceptors (Lipinski definition) is 6. The van der Waals surface area contributed by atoms with Gasteiger partial charge in [0, 0.05) is 5.56 Å². The monoisotopic (exact) mass is 504 g/mol. The number of carbonyl (C=O) groups is 1. The van der Waals surface area contributed by atoms with Crippen molar-refractivity contribution in [1.82, 2.24) is 4.57 Å². The molecule has 1 aromatic heterocycles. The number of rotatable bonds is 8. The highest BCUT2D eigenvalue weighted by atomic mass is 32.1. The number of para-hydroxylation sites is 1. The molecule has 7 heteroatoms. The van der Waals surface area contributed by atoms with Gasteiger partial charge in [0.2, 0.25) is 0 Å². The summed E-state index contributed by atoms with van der Waals surface area (Å²) >= 11 is 1.33. The second-order valence-electron chi connectivity index (χ2n) is 8.98. The summed E-state index contributed by atoms with van der Waals surface area (Å²) in [5.74, 6) is 0.627. The molecule has 1 aliphatic rings. The van der Waals surface area contributed by atoms with Crippen LogP contribution in [0.3, 0.4) is 0 Å². The van der Waals surface area contributed by atoms with Crippen molar-refractivity contribution < 1.29 is 14.3 Å². The summed E-state index contributed by atoms with van der Waals surface area (Å²) in [6, 6.07) is 15.1. The Labute approximate surface area is 215 Å². The van der Waals surface area contributed by atoms with Crippen LogP contribution in [0.4, 0.5) is 0 Å². The van der Waals surface area contributed by atoms with E-state index in [9.17, 15) is 9.59 Å². The van der Waals surface area contributed by atoms with Gasteiger partial charge in [0.25, 0.3) is 5.56 Å². The van der Waals surface area contributed by atoms with Crippen LogP contribution in [-0.4, -0.2) is 24.3 Å². The third-order valence-electron chi connectivity index (χ3n) is 6.24. The average molecular weight is 505 g/mol. The summed E-state index contributed by atoms with van der Waals surface area (Å²) in [6.45, 7) is 8.36. The Morgan fingerprint density at radius 3 is 2.50 bits per heavy atom. The van der Waals surface area contributed by atoms with E-state index in [0.29, 0.717) is 38.7 Å². The Balaban J connectivity index is 1.99. The van der Waals surface area contributed by atoms with Crippen molar-refractivity contribution in [3.63, 3.8) is 0 Å².